The quantitative estimate of drug-likeness (QED) is 0.528. The van der Waals surface area contributed by atoms with E-state index >= 15 is 0 Å². The second kappa shape index (κ2) is 9.77. The monoisotopic (exact) mass is 466 g/mol. The third-order valence-electron chi connectivity index (χ3n) is 5.35. The van der Waals surface area contributed by atoms with E-state index < -0.39 is 15.9 Å². The van der Waals surface area contributed by atoms with Crippen LogP contribution >= 0.6 is 0 Å². The summed E-state index contributed by atoms with van der Waals surface area (Å²) in [7, 11) is -0.996. The topological polar surface area (TPSA) is 75.7 Å². The van der Waals surface area contributed by atoms with Gasteiger partial charge in [0, 0.05) is 24.8 Å². The predicted octanol–water partition coefficient (Wildman–Crippen LogP) is 5.07. The lowest BCUT2D eigenvalue weighted by Gasteiger charge is -2.23. The van der Waals surface area contributed by atoms with Crippen molar-refractivity contribution in [3.05, 3.63) is 89.5 Å². The van der Waals surface area contributed by atoms with E-state index in [1.54, 1.807) is 6.07 Å². The van der Waals surface area contributed by atoms with Gasteiger partial charge in [-0.15, -0.1) is 0 Å². The number of para-hydroxylation sites is 1. The molecule has 1 amide bonds. The Morgan fingerprint density at radius 2 is 1.61 bits per heavy atom. The van der Waals surface area contributed by atoms with Crippen LogP contribution in [0.15, 0.2) is 77.7 Å². The number of hydrogen-bond acceptors (Lipinski definition) is 4. The molecule has 1 N–H and O–H groups in total. The predicted molar refractivity (Wildman–Crippen MR) is 131 cm³/mol. The molecule has 3 rings (SSSR count). The molecule has 3 aromatic carbocycles. The van der Waals surface area contributed by atoms with Gasteiger partial charge in [0.2, 0.25) is 10.0 Å². The second-order valence-electron chi connectivity index (χ2n) is 8.86. The van der Waals surface area contributed by atoms with Gasteiger partial charge in [0.25, 0.3) is 5.91 Å². The minimum absolute atomic E-state index is 0.0554. The number of hydrogen-bond donors (Lipinski definition) is 1. The molecule has 7 heteroatoms. The molecule has 0 saturated heterocycles. The number of benzene rings is 3. The highest BCUT2D eigenvalue weighted by Crippen LogP contribution is 2.31. The summed E-state index contributed by atoms with van der Waals surface area (Å²) in [6, 6.07) is 21.3. The van der Waals surface area contributed by atoms with Gasteiger partial charge in [-0.25, -0.2) is 8.42 Å². The molecule has 0 bridgehead atoms. The van der Waals surface area contributed by atoms with Crippen LogP contribution in [0.2, 0.25) is 0 Å². The molecule has 0 aliphatic heterocycles. The number of anilines is 1. The van der Waals surface area contributed by atoms with Crippen LogP contribution in [0.4, 0.5) is 5.69 Å². The standard InChI is InChI=1S/C26H30N2O4S/c1-26(2,3)21-13-9-10-14-22(21)27-25(29)20-15-16-23(32-5)24(17-20)33(30,31)28(4)18-19-11-7-6-8-12-19/h6-17H,18H2,1-5H3,(H,27,29). The van der Waals surface area contributed by atoms with Crippen molar-refractivity contribution in [1.29, 1.82) is 0 Å². The summed E-state index contributed by atoms with van der Waals surface area (Å²) < 4.78 is 33.3. The first-order valence-electron chi connectivity index (χ1n) is 10.6. The Morgan fingerprint density at radius 3 is 2.24 bits per heavy atom. The van der Waals surface area contributed by atoms with E-state index in [1.807, 2.05) is 54.6 Å². The molecule has 0 aliphatic rings. The SMILES string of the molecule is COc1ccc(C(=O)Nc2ccccc2C(C)(C)C)cc1S(=O)(=O)N(C)Cc1ccccc1. The first-order chi connectivity index (χ1) is 15.5. The highest BCUT2D eigenvalue weighted by atomic mass is 32.2. The minimum atomic E-state index is -3.91. The fourth-order valence-corrected chi connectivity index (χ4v) is 4.89. The fourth-order valence-electron chi connectivity index (χ4n) is 3.55. The van der Waals surface area contributed by atoms with E-state index in [2.05, 4.69) is 26.1 Å². The van der Waals surface area contributed by atoms with Crippen molar-refractivity contribution in [3.63, 3.8) is 0 Å². The third-order valence-corrected chi connectivity index (χ3v) is 7.17. The second-order valence-corrected chi connectivity index (χ2v) is 10.9. The van der Waals surface area contributed by atoms with E-state index in [1.165, 1.54) is 30.6 Å². The number of sulfonamides is 1. The molecule has 6 nitrogen and oxygen atoms in total. The lowest BCUT2D eigenvalue weighted by Crippen LogP contribution is -2.27. The van der Waals surface area contributed by atoms with Crippen LogP contribution < -0.4 is 10.1 Å². The van der Waals surface area contributed by atoms with Crippen molar-refractivity contribution in [2.24, 2.45) is 0 Å². The van der Waals surface area contributed by atoms with Crippen LogP contribution in [0.1, 0.15) is 42.3 Å². The molecular formula is C26H30N2O4S. The Hall–Kier alpha value is -3.16. The van der Waals surface area contributed by atoms with Crippen molar-refractivity contribution < 1.29 is 17.9 Å². The van der Waals surface area contributed by atoms with Gasteiger partial charge in [-0.2, -0.15) is 4.31 Å². The summed E-state index contributed by atoms with van der Waals surface area (Å²) in [4.78, 5) is 13.0. The maximum atomic E-state index is 13.3. The summed E-state index contributed by atoms with van der Waals surface area (Å²) in [5, 5.41) is 2.93. The normalized spacial score (nSPS) is 11.9. The van der Waals surface area contributed by atoms with Gasteiger partial charge in [0.15, 0.2) is 0 Å². The van der Waals surface area contributed by atoms with Crippen LogP contribution in [0.25, 0.3) is 0 Å². The zero-order valence-electron chi connectivity index (χ0n) is 19.6. The molecule has 174 valence electrons. The molecule has 33 heavy (non-hydrogen) atoms. The molecular weight excluding hydrogens is 436 g/mol. The van der Waals surface area contributed by atoms with Gasteiger partial charge >= 0.3 is 0 Å². The molecule has 0 spiro atoms. The van der Waals surface area contributed by atoms with Gasteiger partial charge in [-0.05, 0) is 40.8 Å². The fraction of sp³-hybridized carbons (Fsp3) is 0.269. The lowest BCUT2D eigenvalue weighted by molar-refractivity contribution is 0.102. The van der Waals surface area contributed by atoms with E-state index in [-0.39, 0.29) is 28.2 Å². The summed E-state index contributed by atoms with van der Waals surface area (Å²) in [6.45, 7) is 6.40. The van der Waals surface area contributed by atoms with E-state index in [9.17, 15) is 13.2 Å². The molecule has 0 saturated carbocycles. The molecule has 0 aromatic heterocycles. The highest BCUT2D eigenvalue weighted by molar-refractivity contribution is 7.89. The van der Waals surface area contributed by atoms with Gasteiger partial charge in [0.05, 0.1) is 7.11 Å². The Bertz CT molecular complexity index is 1230. The van der Waals surface area contributed by atoms with Crippen LogP contribution in [0, 0.1) is 0 Å². The van der Waals surface area contributed by atoms with E-state index in [4.69, 9.17) is 4.74 Å². The van der Waals surface area contributed by atoms with Crippen molar-refractivity contribution in [2.45, 2.75) is 37.6 Å². The molecule has 3 aromatic rings. The minimum Gasteiger partial charge on any atom is -0.495 e. The zero-order chi connectivity index (χ0) is 24.2. The van der Waals surface area contributed by atoms with Crippen LogP contribution in [-0.4, -0.2) is 32.8 Å². The number of rotatable bonds is 7. The number of nitrogens with one attached hydrogen (secondary N) is 1. The maximum absolute atomic E-state index is 13.3. The largest absolute Gasteiger partial charge is 0.495 e. The lowest BCUT2D eigenvalue weighted by atomic mass is 9.86. The maximum Gasteiger partial charge on any atom is 0.255 e. The summed E-state index contributed by atoms with van der Waals surface area (Å²) >= 11 is 0. The number of nitrogens with zero attached hydrogens (tertiary/aromatic N) is 1. The molecule has 0 heterocycles. The Balaban J connectivity index is 1.93. The van der Waals surface area contributed by atoms with Crippen LogP contribution in [0.5, 0.6) is 5.75 Å². The van der Waals surface area contributed by atoms with Gasteiger partial charge < -0.3 is 10.1 Å². The number of carbonyl (C=O) groups excluding carboxylic acids is 1. The van der Waals surface area contributed by atoms with Crippen molar-refractivity contribution >= 4 is 21.6 Å². The van der Waals surface area contributed by atoms with Gasteiger partial charge in [-0.3, -0.25) is 4.79 Å². The van der Waals surface area contributed by atoms with Crippen molar-refractivity contribution in [2.75, 3.05) is 19.5 Å². The first-order valence-corrected chi connectivity index (χ1v) is 12.1. The van der Waals surface area contributed by atoms with Crippen molar-refractivity contribution in [3.8, 4) is 5.75 Å². The summed E-state index contributed by atoms with van der Waals surface area (Å²) in [5.41, 5.74) is 2.60. The molecule has 0 unspecified atom stereocenters. The van der Waals surface area contributed by atoms with E-state index in [0.717, 1.165) is 11.1 Å². The molecule has 0 radical (unpaired) electrons. The summed E-state index contributed by atoms with van der Waals surface area (Å²) in [6.07, 6.45) is 0. The van der Waals surface area contributed by atoms with Crippen LogP contribution in [0.3, 0.4) is 0 Å². The van der Waals surface area contributed by atoms with Crippen molar-refractivity contribution in [1.82, 2.24) is 4.31 Å². The average Bonchev–Trinajstić information content (AvgIpc) is 2.78. The Kier molecular flexibility index (Phi) is 7.25. The Labute approximate surface area is 196 Å². The highest BCUT2D eigenvalue weighted by Gasteiger charge is 2.27. The number of ether oxygens (including phenoxy) is 1. The number of methoxy groups -OCH3 is 1. The number of amides is 1. The average molecular weight is 467 g/mol. The molecule has 0 atom stereocenters. The van der Waals surface area contributed by atoms with Gasteiger partial charge in [0.1, 0.15) is 10.6 Å². The molecule has 0 aliphatic carbocycles. The third kappa shape index (κ3) is 5.61. The Morgan fingerprint density at radius 1 is 0.970 bits per heavy atom. The van der Waals surface area contributed by atoms with Gasteiger partial charge in [-0.1, -0.05) is 69.3 Å². The van der Waals surface area contributed by atoms with E-state index in [0.29, 0.717) is 5.69 Å². The van der Waals surface area contributed by atoms with Crippen LogP contribution in [-0.2, 0) is 22.0 Å². The smallest absolute Gasteiger partial charge is 0.255 e. The first kappa shape index (κ1) is 24.5. The summed E-state index contributed by atoms with van der Waals surface area (Å²) in [5.74, 6) is -0.210. The molecule has 0 fully saturated rings. The zero-order valence-corrected chi connectivity index (χ0v) is 20.4. The number of carbonyl (C=O) groups is 1.